The van der Waals surface area contributed by atoms with E-state index in [-0.39, 0.29) is 11.7 Å². The molecule has 1 saturated heterocycles. The van der Waals surface area contributed by atoms with Gasteiger partial charge in [-0.2, -0.15) is 4.39 Å². The predicted octanol–water partition coefficient (Wildman–Crippen LogP) is 6.23. The van der Waals surface area contributed by atoms with Gasteiger partial charge in [0.1, 0.15) is 0 Å². The van der Waals surface area contributed by atoms with Crippen molar-refractivity contribution in [3.8, 4) is 5.75 Å². The first-order valence-electron chi connectivity index (χ1n) is 10.4. The Balaban J connectivity index is 1.55. The minimum absolute atomic E-state index is 0.0136. The molecule has 0 N–H and O–H groups in total. The monoisotopic (exact) mass is 366 g/mol. The van der Waals surface area contributed by atoms with Gasteiger partial charge in [0.2, 0.25) is 5.82 Å². The summed E-state index contributed by atoms with van der Waals surface area (Å²) in [5, 5.41) is 0. The molecule has 1 saturated carbocycles. The van der Waals surface area contributed by atoms with Crippen LogP contribution in [0.15, 0.2) is 12.1 Å². The molecule has 1 aromatic rings. The SMILES string of the molecule is CCCC1CCC(C2CCC(c3ccc(OCC)c(F)c3F)CC2)OC1. The second-order valence-corrected chi connectivity index (χ2v) is 7.93. The fourth-order valence-electron chi connectivity index (χ4n) is 4.76. The first-order valence-corrected chi connectivity index (χ1v) is 10.4. The van der Waals surface area contributed by atoms with Gasteiger partial charge in [-0.05, 0) is 81.3 Å². The molecule has 146 valence electrons. The van der Waals surface area contributed by atoms with Crippen molar-refractivity contribution in [3.63, 3.8) is 0 Å². The fraction of sp³-hybridized carbons (Fsp3) is 0.727. The second-order valence-electron chi connectivity index (χ2n) is 7.93. The Hall–Kier alpha value is -1.16. The Kier molecular flexibility index (Phi) is 6.91. The summed E-state index contributed by atoms with van der Waals surface area (Å²) in [6.45, 7) is 5.24. The van der Waals surface area contributed by atoms with Gasteiger partial charge in [0, 0.05) is 6.61 Å². The summed E-state index contributed by atoms with van der Waals surface area (Å²) in [5.74, 6) is -0.148. The van der Waals surface area contributed by atoms with Crippen LogP contribution in [0.2, 0.25) is 0 Å². The third-order valence-corrected chi connectivity index (χ3v) is 6.22. The molecule has 0 spiro atoms. The lowest BCUT2D eigenvalue weighted by atomic mass is 9.75. The lowest BCUT2D eigenvalue weighted by Crippen LogP contribution is -2.34. The van der Waals surface area contributed by atoms with Gasteiger partial charge in [-0.1, -0.05) is 19.4 Å². The molecule has 0 bridgehead atoms. The van der Waals surface area contributed by atoms with E-state index < -0.39 is 11.6 Å². The summed E-state index contributed by atoms with van der Waals surface area (Å²) < 4.78 is 39.9. The molecule has 1 aliphatic carbocycles. The van der Waals surface area contributed by atoms with Crippen molar-refractivity contribution in [2.75, 3.05) is 13.2 Å². The van der Waals surface area contributed by atoms with Crippen molar-refractivity contribution in [1.82, 2.24) is 0 Å². The lowest BCUT2D eigenvalue weighted by molar-refractivity contribution is -0.0576. The van der Waals surface area contributed by atoms with E-state index in [2.05, 4.69) is 6.92 Å². The number of ether oxygens (including phenoxy) is 2. The van der Waals surface area contributed by atoms with Crippen LogP contribution in [0.5, 0.6) is 5.75 Å². The van der Waals surface area contributed by atoms with Crippen LogP contribution >= 0.6 is 0 Å². The molecule has 2 aliphatic rings. The van der Waals surface area contributed by atoms with E-state index in [0.717, 1.165) is 44.6 Å². The highest BCUT2D eigenvalue weighted by Crippen LogP contribution is 2.42. The Morgan fingerprint density at radius 1 is 1.00 bits per heavy atom. The molecular weight excluding hydrogens is 334 g/mol. The minimum Gasteiger partial charge on any atom is -0.491 e. The van der Waals surface area contributed by atoms with Gasteiger partial charge in [-0.25, -0.2) is 4.39 Å². The van der Waals surface area contributed by atoms with E-state index in [1.165, 1.54) is 19.3 Å². The Morgan fingerprint density at radius 3 is 2.38 bits per heavy atom. The number of halogens is 2. The third kappa shape index (κ3) is 4.39. The second kappa shape index (κ2) is 9.16. The Bertz CT molecular complexity index is 574. The highest BCUT2D eigenvalue weighted by molar-refractivity contribution is 5.33. The first-order chi connectivity index (χ1) is 12.6. The molecule has 2 atom stereocenters. The molecule has 0 aromatic heterocycles. The largest absolute Gasteiger partial charge is 0.491 e. The highest BCUT2D eigenvalue weighted by atomic mass is 19.2. The van der Waals surface area contributed by atoms with Crippen LogP contribution < -0.4 is 4.74 Å². The zero-order valence-electron chi connectivity index (χ0n) is 16.1. The summed E-state index contributed by atoms with van der Waals surface area (Å²) in [7, 11) is 0. The molecule has 2 unspecified atom stereocenters. The lowest BCUT2D eigenvalue weighted by Gasteiger charge is -2.38. The van der Waals surface area contributed by atoms with Crippen molar-refractivity contribution >= 4 is 0 Å². The smallest absolute Gasteiger partial charge is 0.200 e. The average Bonchev–Trinajstić information content (AvgIpc) is 2.67. The van der Waals surface area contributed by atoms with Gasteiger partial charge < -0.3 is 9.47 Å². The van der Waals surface area contributed by atoms with Crippen LogP contribution in [-0.2, 0) is 4.74 Å². The van der Waals surface area contributed by atoms with Crippen LogP contribution in [-0.4, -0.2) is 19.3 Å². The molecule has 2 nitrogen and oxygen atoms in total. The van der Waals surface area contributed by atoms with Gasteiger partial charge >= 0.3 is 0 Å². The summed E-state index contributed by atoms with van der Waals surface area (Å²) in [6.07, 6.45) is 9.20. The van der Waals surface area contributed by atoms with E-state index in [1.807, 2.05) is 0 Å². The maximum absolute atomic E-state index is 14.5. The molecule has 26 heavy (non-hydrogen) atoms. The summed E-state index contributed by atoms with van der Waals surface area (Å²) in [6, 6.07) is 3.28. The van der Waals surface area contributed by atoms with Gasteiger partial charge in [0.15, 0.2) is 11.6 Å². The molecule has 2 fully saturated rings. The summed E-state index contributed by atoms with van der Waals surface area (Å²) >= 11 is 0. The number of benzene rings is 1. The Morgan fingerprint density at radius 2 is 1.77 bits per heavy atom. The van der Waals surface area contributed by atoms with E-state index in [4.69, 9.17) is 9.47 Å². The van der Waals surface area contributed by atoms with E-state index >= 15 is 0 Å². The maximum atomic E-state index is 14.5. The molecule has 0 radical (unpaired) electrons. The molecular formula is C22H32F2O2. The van der Waals surface area contributed by atoms with Crippen molar-refractivity contribution in [2.24, 2.45) is 11.8 Å². The van der Waals surface area contributed by atoms with Crippen molar-refractivity contribution in [2.45, 2.75) is 77.2 Å². The van der Waals surface area contributed by atoms with Crippen LogP contribution in [0.25, 0.3) is 0 Å². The molecule has 0 amide bonds. The van der Waals surface area contributed by atoms with Gasteiger partial charge in [0.25, 0.3) is 0 Å². The summed E-state index contributed by atoms with van der Waals surface area (Å²) in [5.41, 5.74) is 0.511. The average molecular weight is 366 g/mol. The van der Waals surface area contributed by atoms with Crippen LogP contribution in [0.3, 0.4) is 0 Å². The zero-order valence-corrected chi connectivity index (χ0v) is 16.1. The molecule has 1 aromatic carbocycles. The van der Waals surface area contributed by atoms with Gasteiger partial charge in [-0.3, -0.25) is 0 Å². The van der Waals surface area contributed by atoms with E-state index in [1.54, 1.807) is 19.1 Å². The quantitative estimate of drug-likeness (QED) is 0.594. The van der Waals surface area contributed by atoms with Crippen molar-refractivity contribution in [1.29, 1.82) is 0 Å². The number of hydrogen-bond acceptors (Lipinski definition) is 2. The molecule has 1 aliphatic heterocycles. The molecule has 3 rings (SSSR count). The predicted molar refractivity (Wildman–Crippen MR) is 99.6 cm³/mol. The normalized spacial score (nSPS) is 29.5. The number of rotatable bonds is 6. The topological polar surface area (TPSA) is 18.5 Å². The van der Waals surface area contributed by atoms with Gasteiger partial charge in [0.05, 0.1) is 12.7 Å². The standard InChI is InChI=1S/C22H32F2O2/c1-3-5-15-6-12-19(26-14-15)17-9-7-16(8-10-17)18-11-13-20(25-4-2)22(24)21(18)23/h11,13,15-17,19H,3-10,12,14H2,1-2H3. The first kappa shape index (κ1) is 19.6. The zero-order chi connectivity index (χ0) is 18.5. The Labute approximate surface area is 156 Å². The van der Waals surface area contributed by atoms with Crippen molar-refractivity contribution < 1.29 is 18.3 Å². The van der Waals surface area contributed by atoms with E-state index in [0.29, 0.717) is 24.2 Å². The fourth-order valence-corrected chi connectivity index (χ4v) is 4.76. The molecule has 1 heterocycles. The number of hydrogen-bond donors (Lipinski definition) is 0. The molecule has 4 heteroatoms. The highest BCUT2D eigenvalue weighted by Gasteiger charge is 2.33. The van der Waals surface area contributed by atoms with Crippen LogP contribution in [0, 0.1) is 23.5 Å². The maximum Gasteiger partial charge on any atom is 0.200 e. The third-order valence-electron chi connectivity index (χ3n) is 6.22. The van der Waals surface area contributed by atoms with Gasteiger partial charge in [-0.15, -0.1) is 0 Å². The van der Waals surface area contributed by atoms with Crippen molar-refractivity contribution in [3.05, 3.63) is 29.3 Å². The van der Waals surface area contributed by atoms with Crippen LogP contribution in [0.1, 0.15) is 76.7 Å². The van der Waals surface area contributed by atoms with E-state index in [9.17, 15) is 8.78 Å². The minimum atomic E-state index is -0.843. The van der Waals surface area contributed by atoms with Crippen LogP contribution in [0.4, 0.5) is 8.78 Å². The summed E-state index contributed by atoms with van der Waals surface area (Å²) in [4.78, 5) is 0.